The van der Waals surface area contributed by atoms with Gasteiger partial charge in [0, 0.05) is 30.5 Å². The zero-order valence-electron chi connectivity index (χ0n) is 6.03. The maximum absolute atomic E-state index is 6.30. The summed E-state index contributed by atoms with van der Waals surface area (Å²) in [4.78, 5) is 5.57. The maximum atomic E-state index is 6.30. The third-order valence-electron chi connectivity index (χ3n) is 0.386. The molecule has 0 spiro atoms. The third-order valence-corrected chi connectivity index (χ3v) is 1.08. The molecule has 5 heteroatoms. The first kappa shape index (κ1) is 22.4. The Bertz CT molecular complexity index is 178. The standard InChI is InChI=1S/C4H2N2S2.2CH3.Pd/c1-5-3(7)4(8)6-2;;;/h7-8H;2*1H3;/q;2*-1;/p-2/b4-3-;;;. The van der Waals surface area contributed by atoms with Crippen LogP contribution in [-0.2, 0) is 45.7 Å². The van der Waals surface area contributed by atoms with Crippen molar-refractivity contribution in [1.82, 2.24) is 0 Å². The van der Waals surface area contributed by atoms with E-state index in [0.29, 0.717) is 0 Å². The van der Waals surface area contributed by atoms with Crippen molar-refractivity contribution in [3.8, 4) is 0 Å². The summed E-state index contributed by atoms with van der Waals surface area (Å²) in [5.41, 5.74) is 0. The molecular weight excluding hydrogens is 271 g/mol. The molecule has 0 unspecified atom stereocenters. The van der Waals surface area contributed by atoms with Gasteiger partial charge in [-0.15, -0.1) is 0 Å². The summed E-state index contributed by atoms with van der Waals surface area (Å²) in [5, 5.41) is -0.231. The van der Waals surface area contributed by atoms with Crippen molar-refractivity contribution in [1.29, 1.82) is 0 Å². The van der Waals surface area contributed by atoms with Gasteiger partial charge in [-0.25, -0.2) is 0 Å². The van der Waals surface area contributed by atoms with E-state index in [1.54, 1.807) is 0 Å². The van der Waals surface area contributed by atoms with Crippen molar-refractivity contribution in [2.45, 2.75) is 0 Å². The number of hydrogen-bond donors (Lipinski definition) is 0. The van der Waals surface area contributed by atoms with E-state index >= 15 is 0 Å². The summed E-state index contributed by atoms with van der Waals surface area (Å²) in [6, 6.07) is 0. The van der Waals surface area contributed by atoms with Crippen LogP contribution in [0.2, 0.25) is 0 Å². The first-order valence-electron chi connectivity index (χ1n) is 1.55. The fourth-order valence-electron chi connectivity index (χ4n) is 0.0956. The molecule has 0 amide bonds. The molecule has 0 atom stereocenters. The molecular formula is C6H6N2PdS2-4. The first-order chi connectivity index (χ1) is 3.72. The Labute approximate surface area is 93.2 Å². The van der Waals surface area contributed by atoms with Gasteiger partial charge in [-0.3, -0.25) is 9.69 Å². The topological polar surface area (TPSA) is 8.72 Å². The normalized spacial score (nSPS) is 7.82. The van der Waals surface area contributed by atoms with E-state index in [1.165, 1.54) is 0 Å². The Morgan fingerprint density at radius 2 is 1.09 bits per heavy atom. The molecule has 66 valence electrons. The Kier molecular flexibility index (Phi) is 25.5. The van der Waals surface area contributed by atoms with E-state index in [0.717, 1.165) is 0 Å². The zero-order valence-corrected chi connectivity index (χ0v) is 9.21. The average molecular weight is 277 g/mol. The predicted octanol–water partition coefficient (Wildman–Crippen LogP) is 1.94. The monoisotopic (exact) mass is 276 g/mol. The molecule has 0 saturated carbocycles. The van der Waals surface area contributed by atoms with Gasteiger partial charge in [0.1, 0.15) is 0 Å². The van der Waals surface area contributed by atoms with Crippen molar-refractivity contribution in [2.75, 3.05) is 0 Å². The van der Waals surface area contributed by atoms with E-state index in [1.807, 2.05) is 0 Å². The van der Waals surface area contributed by atoms with Crippen molar-refractivity contribution in [3.05, 3.63) is 47.7 Å². The first-order valence-corrected chi connectivity index (χ1v) is 2.37. The molecule has 0 aliphatic carbocycles. The SMILES string of the molecule is [C-]#[N+]/C([S-])=C(/[S-])[N+]#[C-].[CH3-].[CH3-].[Pd]. The van der Waals surface area contributed by atoms with Gasteiger partial charge in [0.2, 0.25) is 0 Å². The summed E-state index contributed by atoms with van der Waals surface area (Å²) >= 11 is 8.74. The zero-order chi connectivity index (χ0) is 6.57. The van der Waals surface area contributed by atoms with Crippen LogP contribution in [0.4, 0.5) is 0 Å². The molecule has 0 bridgehead atoms. The van der Waals surface area contributed by atoms with Crippen molar-refractivity contribution < 1.29 is 20.4 Å². The maximum Gasteiger partial charge on any atom is 0.0878 e. The van der Waals surface area contributed by atoms with Crippen LogP contribution in [0.15, 0.2) is 10.1 Å². The predicted molar refractivity (Wildman–Crippen MR) is 47.8 cm³/mol. The summed E-state index contributed by atoms with van der Waals surface area (Å²) in [7, 11) is 0. The number of hydrogen-bond acceptors (Lipinski definition) is 2. The van der Waals surface area contributed by atoms with Crippen molar-refractivity contribution >= 4 is 25.3 Å². The number of nitrogens with zero attached hydrogens (tertiary/aromatic N) is 2. The molecule has 2 nitrogen and oxygen atoms in total. The van der Waals surface area contributed by atoms with Crippen LogP contribution < -0.4 is 0 Å². The molecule has 0 N–H and O–H groups in total. The smallest absolute Gasteiger partial charge is 0.0878 e. The van der Waals surface area contributed by atoms with Gasteiger partial charge < -0.3 is 40.1 Å². The molecule has 0 aliphatic heterocycles. The van der Waals surface area contributed by atoms with Crippen LogP contribution in [0.5, 0.6) is 0 Å². The Morgan fingerprint density at radius 3 is 1.18 bits per heavy atom. The van der Waals surface area contributed by atoms with Crippen LogP contribution in [0, 0.1) is 28.0 Å². The Hall–Kier alpha value is -0.178. The van der Waals surface area contributed by atoms with Gasteiger partial charge in [0.25, 0.3) is 0 Å². The molecule has 0 saturated heterocycles. The summed E-state index contributed by atoms with van der Waals surface area (Å²) in [5.74, 6) is 0. The minimum atomic E-state index is -0.116. The van der Waals surface area contributed by atoms with Gasteiger partial charge in [0.05, 0.1) is 13.1 Å². The minimum absolute atomic E-state index is 0. The molecule has 0 heterocycles. The molecule has 0 radical (unpaired) electrons. The van der Waals surface area contributed by atoms with E-state index in [2.05, 4.69) is 34.9 Å². The molecule has 0 aromatic heterocycles. The fourth-order valence-corrected chi connectivity index (χ4v) is 0.187. The third kappa shape index (κ3) is 9.82. The van der Waals surface area contributed by atoms with E-state index in [4.69, 9.17) is 13.1 Å². The fraction of sp³-hybridized carbons (Fsp3) is 0. The van der Waals surface area contributed by atoms with E-state index < -0.39 is 0 Å². The van der Waals surface area contributed by atoms with Gasteiger partial charge >= 0.3 is 0 Å². The van der Waals surface area contributed by atoms with Crippen LogP contribution >= 0.6 is 0 Å². The molecule has 0 aromatic carbocycles. The van der Waals surface area contributed by atoms with Gasteiger partial charge in [-0.2, -0.15) is 0 Å². The Balaban J connectivity index is -0.0000000817. The molecule has 0 aromatic rings. The second-order valence-electron chi connectivity index (χ2n) is 0.834. The largest absolute Gasteiger partial charge is 0.826 e. The second kappa shape index (κ2) is 12.5. The van der Waals surface area contributed by atoms with Crippen LogP contribution in [0.1, 0.15) is 0 Å². The summed E-state index contributed by atoms with van der Waals surface area (Å²) in [6.07, 6.45) is 0. The summed E-state index contributed by atoms with van der Waals surface area (Å²) < 4.78 is 0. The van der Waals surface area contributed by atoms with Gasteiger partial charge in [0.15, 0.2) is 0 Å². The van der Waals surface area contributed by atoms with Crippen LogP contribution in [0.25, 0.3) is 9.69 Å². The van der Waals surface area contributed by atoms with Crippen molar-refractivity contribution in [3.63, 3.8) is 0 Å². The molecule has 11 heavy (non-hydrogen) atoms. The van der Waals surface area contributed by atoms with Crippen molar-refractivity contribution in [2.24, 2.45) is 0 Å². The van der Waals surface area contributed by atoms with Gasteiger partial charge in [-0.05, 0) is 0 Å². The summed E-state index contributed by atoms with van der Waals surface area (Å²) in [6.45, 7) is 12.6. The van der Waals surface area contributed by atoms with Crippen LogP contribution in [0.3, 0.4) is 0 Å². The van der Waals surface area contributed by atoms with Crippen LogP contribution in [-0.4, -0.2) is 0 Å². The van der Waals surface area contributed by atoms with E-state index in [-0.39, 0.29) is 45.3 Å². The number of rotatable bonds is 0. The van der Waals surface area contributed by atoms with Gasteiger partial charge in [-0.1, -0.05) is 0 Å². The quantitative estimate of drug-likeness (QED) is 0.380. The molecule has 0 aliphatic rings. The Morgan fingerprint density at radius 1 is 0.909 bits per heavy atom. The molecule has 0 fully saturated rings. The van der Waals surface area contributed by atoms with E-state index in [9.17, 15) is 0 Å². The second-order valence-corrected chi connectivity index (χ2v) is 1.61. The minimum Gasteiger partial charge on any atom is -0.826 e. The molecule has 0 rings (SSSR count). The average Bonchev–Trinajstić information content (AvgIpc) is 1.84.